The van der Waals surface area contributed by atoms with Crippen LogP contribution in [0.4, 0.5) is 0 Å². The zero-order valence-corrected chi connectivity index (χ0v) is 13.2. The number of methoxy groups -OCH3 is 1. The highest BCUT2D eigenvalue weighted by molar-refractivity contribution is 6.50. The van der Waals surface area contributed by atoms with Gasteiger partial charge in [0, 0.05) is 5.31 Å². The molecule has 0 amide bonds. The molecule has 4 nitrogen and oxygen atoms in total. The number of fused-ring (bicyclic) bond motifs is 2. The second-order valence-electron chi connectivity index (χ2n) is 7.90. The largest absolute Gasteiger partial charge is 0.469 e. The molecule has 1 aliphatic heterocycles. The number of rotatable bonds is 2. The molecule has 0 aromatic heterocycles. The Bertz CT molecular complexity index is 419. The third-order valence-electron chi connectivity index (χ3n) is 6.26. The monoisotopic (exact) mass is 280 g/mol. The van der Waals surface area contributed by atoms with E-state index in [2.05, 4.69) is 27.7 Å². The zero-order chi connectivity index (χ0) is 14.8. The summed E-state index contributed by atoms with van der Waals surface area (Å²) in [6, 6.07) is 0. The van der Waals surface area contributed by atoms with E-state index < -0.39 is 0 Å². The maximum atomic E-state index is 12.1. The highest BCUT2D eigenvalue weighted by Crippen LogP contribution is 2.69. The molecule has 112 valence electrons. The molecule has 0 aromatic carbocycles. The van der Waals surface area contributed by atoms with Gasteiger partial charge in [-0.15, -0.1) is 0 Å². The van der Waals surface area contributed by atoms with Gasteiger partial charge in [-0.2, -0.15) is 0 Å². The zero-order valence-electron chi connectivity index (χ0n) is 13.2. The van der Waals surface area contributed by atoms with Crippen LogP contribution < -0.4 is 0 Å². The van der Waals surface area contributed by atoms with E-state index in [1.165, 1.54) is 7.11 Å². The summed E-state index contributed by atoms with van der Waals surface area (Å²) in [4.78, 5) is 12.1. The molecule has 0 atom stereocenters. The summed E-state index contributed by atoms with van der Waals surface area (Å²) in [6.45, 7) is 8.34. The lowest BCUT2D eigenvalue weighted by atomic mass is 9.55. The minimum Gasteiger partial charge on any atom is -0.469 e. The van der Waals surface area contributed by atoms with E-state index in [4.69, 9.17) is 14.0 Å². The van der Waals surface area contributed by atoms with Crippen LogP contribution >= 0.6 is 0 Å². The van der Waals surface area contributed by atoms with Gasteiger partial charge in [-0.05, 0) is 59.8 Å². The Morgan fingerprint density at radius 1 is 1.00 bits per heavy atom. The van der Waals surface area contributed by atoms with Crippen LogP contribution in [0, 0.1) is 5.41 Å². The first kappa shape index (κ1) is 14.4. The molecule has 0 N–H and O–H groups in total. The lowest BCUT2D eigenvalue weighted by molar-refractivity contribution is -0.152. The number of esters is 1. The molecule has 2 bridgehead atoms. The maximum absolute atomic E-state index is 12.1. The highest BCUT2D eigenvalue weighted by Gasteiger charge is 2.68. The van der Waals surface area contributed by atoms with Gasteiger partial charge in [-0.3, -0.25) is 4.79 Å². The van der Waals surface area contributed by atoms with Crippen LogP contribution in [0.5, 0.6) is 0 Å². The molecule has 3 fully saturated rings. The van der Waals surface area contributed by atoms with Crippen molar-refractivity contribution in [3.8, 4) is 0 Å². The maximum Gasteiger partial charge on any atom is 0.464 e. The van der Waals surface area contributed by atoms with Crippen LogP contribution in [0.25, 0.3) is 0 Å². The average Bonchev–Trinajstić information content (AvgIpc) is 3.00. The van der Waals surface area contributed by atoms with Crippen LogP contribution in [0.3, 0.4) is 0 Å². The second kappa shape index (κ2) is 4.01. The van der Waals surface area contributed by atoms with Crippen molar-refractivity contribution in [3.05, 3.63) is 0 Å². The molecule has 2 aliphatic carbocycles. The van der Waals surface area contributed by atoms with Crippen molar-refractivity contribution in [1.29, 1.82) is 0 Å². The van der Waals surface area contributed by atoms with Crippen molar-refractivity contribution in [2.45, 2.75) is 76.3 Å². The Labute approximate surface area is 121 Å². The first-order valence-corrected chi connectivity index (χ1v) is 7.61. The molecular weight excluding hydrogens is 255 g/mol. The van der Waals surface area contributed by atoms with E-state index >= 15 is 0 Å². The van der Waals surface area contributed by atoms with Crippen LogP contribution in [-0.2, 0) is 18.8 Å². The van der Waals surface area contributed by atoms with E-state index in [1.807, 2.05) is 0 Å². The molecule has 3 aliphatic rings. The summed E-state index contributed by atoms with van der Waals surface area (Å²) < 4.78 is 17.5. The average molecular weight is 280 g/mol. The predicted octanol–water partition coefficient (Wildman–Crippen LogP) is 2.96. The molecule has 20 heavy (non-hydrogen) atoms. The molecule has 1 saturated heterocycles. The standard InChI is InChI=1S/C15H25BO4/c1-12(2)13(3,4)20-16(19-12)15-8-6-14(10-15,7-9-15)11(17)18-5/h6-10H2,1-5H3. The first-order chi connectivity index (χ1) is 9.16. The van der Waals surface area contributed by atoms with Crippen molar-refractivity contribution < 1.29 is 18.8 Å². The van der Waals surface area contributed by atoms with Gasteiger partial charge in [-0.25, -0.2) is 0 Å². The van der Waals surface area contributed by atoms with E-state index in [9.17, 15) is 4.79 Å². The molecule has 0 aromatic rings. The van der Waals surface area contributed by atoms with Gasteiger partial charge in [0.15, 0.2) is 0 Å². The quantitative estimate of drug-likeness (QED) is 0.576. The fourth-order valence-corrected chi connectivity index (χ4v) is 4.16. The molecule has 3 rings (SSSR count). The Morgan fingerprint density at radius 2 is 1.50 bits per heavy atom. The molecule has 5 heteroatoms. The SMILES string of the molecule is COC(=O)C12CCC(B3OC(C)(C)C(C)(C)O3)(CC1)C2. The smallest absolute Gasteiger partial charge is 0.464 e. The summed E-state index contributed by atoms with van der Waals surface area (Å²) in [5.74, 6) is -0.0478. The van der Waals surface area contributed by atoms with Crippen LogP contribution in [0.2, 0.25) is 5.31 Å². The number of carbonyl (C=O) groups is 1. The van der Waals surface area contributed by atoms with E-state index in [-0.39, 0.29) is 35.0 Å². The van der Waals surface area contributed by atoms with Crippen LogP contribution in [0.1, 0.15) is 59.8 Å². The van der Waals surface area contributed by atoms with Gasteiger partial charge in [0.1, 0.15) is 0 Å². The van der Waals surface area contributed by atoms with Gasteiger partial charge in [0.25, 0.3) is 0 Å². The Morgan fingerprint density at radius 3 is 1.95 bits per heavy atom. The third kappa shape index (κ3) is 1.72. The minimum atomic E-state index is -0.300. The fraction of sp³-hybridized carbons (Fsp3) is 0.933. The fourth-order valence-electron chi connectivity index (χ4n) is 4.16. The van der Waals surface area contributed by atoms with Gasteiger partial charge in [-0.1, -0.05) is 0 Å². The van der Waals surface area contributed by atoms with E-state index in [0.29, 0.717) is 0 Å². The summed E-state index contributed by atoms with van der Waals surface area (Å²) in [7, 11) is 1.30. The van der Waals surface area contributed by atoms with E-state index in [1.54, 1.807) is 0 Å². The van der Waals surface area contributed by atoms with Crippen LogP contribution in [-0.4, -0.2) is 31.4 Å². The van der Waals surface area contributed by atoms with Gasteiger partial charge >= 0.3 is 13.1 Å². The van der Waals surface area contributed by atoms with E-state index in [0.717, 1.165) is 32.1 Å². The normalized spacial score (nSPS) is 41.1. The molecule has 2 saturated carbocycles. The molecule has 0 radical (unpaired) electrons. The predicted molar refractivity (Wildman–Crippen MR) is 76.3 cm³/mol. The topological polar surface area (TPSA) is 44.8 Å². The van der Waals surface area contributed by atoms with Crippen molar-refractivity contribution in [2.24, 2.45) is 5.41 Å². The molecule has 0 spiro atoms. The van der Waals surface area contributed by atoms with Gasteiger partial charge in [0.2, 0.25) is 0 Å². The number of carbonyl (C=O) groups excluding carboxylic acids is 1. The first-order valence-electron chi connectivity index (χ1n) is 7.61. The van der Waals surface area contributed by atoms with Gasteiger partial charge in [0.05, 0.1) is 23.7 Å². The van der Waals surface area contributed by atoms with Crippen molar-refractivity contribution in [3.63, 3.8) is 0 Å². The summed E-state index contributed by atoms with van der Waals surface area (Å²) >= 11 is 0. The number of hydrogen-bond acceptors (Lipinski definition) is 4. The number of hydrogen-bond donors (Lipinski definition) is 0. The minimum absolute atomic E-state index is 0.000764. The summed E-state index contributed by atoms with van der Waals surface area (Å²) in [6.07, 6.45) is 4.66. The second-order valence-corrected chi connectivity index (χ2v) is 7.90. The Kier molecular flexibility index (Phi) is 2.88. The summed E-state index contributed by atoms with van der Waals surface area (Å²) in [5, 5.41) is -0.000764. The van der Waals surface area contributed by atoms with Gasteiger partial charge < -0.3 is 14.0 Å². The lowest BCUT2D eigenvalue weighted by Gasteiger charge is -2.32. The Hall–Kier alpha value is -0.545. The highest BCUT2D eigenvalue weighted by atomic mass is 16.7. The molecular formula is C15H25BO4. The van der Waals surface area contributed by atoms with Crippen LogP contribution in [0.15, 0.2) is 0 Å². The third-order valence-corrected chi connectivity index (χ3v) is 6.26. The van der Waals surface area contributed by atoms with Crippen molar-refractivity contribution in [1.82, 2.24) is 0 Å². The van der Waals surface area contributed by atoms with Crippen molar-refractivity contribution in [2.75, 3.05) is 7.11 Å². The Balaban J connectivity index is 1.83. The van der Waals surface area contributed by atoms with Crippen molar-refractivity contribution >= 4 is 13.1 Å². The summed E-state index contributed by atoms with van der Waals surface area (Å²) in [5.41, 5.74) is -0.880. The molecule has 1 heterocycles. The number of ether oxygens (including phenoxy) is 1. The molecule has 0 unspecified atom stereocenters. The lowest BCUT2D eigenvalue weighted by Crippen LogP contribution is -2.41.